The third-order valence-electron chi connectivity index (χ3n) is 5.30. The van der Waals surface area contributed by atoms with Gasteiger partial charge in [0.05, 0.1) is 11.6 Å². The van der Waals surface area contributed by atoms with Crippen molar-refractivity contribution in [2.24, 2.45) is 0 Å². The van der Waals surface area contributed by atoms with E-state index in [9.17, 15) is 0 Å². The van der Waals surface area contributed by atoms with E-state index in [1.54, 1.807) is 0 Å². The highest BCUT2D eigenvalue weighted by Crippen LogP contribution is 2.42. The van der Waals surface area contributed by atoms with Crippen molar-refractivity contribution in [3.05, 3.63) is 114 Å². The van der Waals surface area contributed by atoms with Crippen LogP contribution in [0.15, 0.2) is 97.3 Å². The van der Waals surface area contributed by atoms with E-state index in [1.165, 1.54) is 22.3 Å². The van der Waals surface area contributed by atoms with Gasteiger partial charge in [0.25, 0.3) is 0 Å². The first-order chi connectivity index (χ1) is 13.3. The number of hydrogen-bond acceptors (Lipinski definition) is 1. The lowest BCUT2D eigenvalue weighted by Crippen LogP contribution is -2.38. The molecule has 0 atom stereocenters. The van der Waals surface area contributed by atoms with Gasteiger partial charge in [0.2, 0.25) is 6.04 Å². The molecule has 0 bridgehead atoms. The molecule has 1 aromatic heterocycles. The minimum Gasteiger partial charge on any atom is -0.194 e. The standard InChI is InChI=1S/C25H17N2/c26-17-18-9-11-19(12-10-18)20-13-15-27(16-14-20)25-23-7-3-1-5-21(23)22-6-2-4-8-24(22)25/h1-16,25H/q+1. The molecule has 1 aliphatic rings. The highest BCUT2D eigenvalue weighted by atomic mass is 15.0. The highest BCUT2D eigenvalue weighted by Gasteiger charge is 2.34. The van der Waals surface area contributed by atoms with Gasteiger partial charge in [-0.05, 0) is 34.4 Å². The van der Waals surface area contributed by atoms with Gasteiger partial charge in [0.15, 0.2) is 12.4 Å². The fraction of sp³-hybridized carbons (Fsp3) is 0.0400. The van der Waals surface area contributed by atoms with Crippen LogP contribution in [0.25, 0.3) is 22.3 Å². The van der Waals surface area contributed by atoms with E-state index in [4.69, 9.17) is 5.26 Å². The summed E-state index contributed by atoms with van der Waals surface area (Å²) in [5.74, 6) is 0. The molecule has 0 unspecified atom stereocenters. The summed E-state index contributed by atoms with van der Waals surface area (Å²) in [5.41, 5.74) is 8.28. The molecule has 0 aliphatic heterocycles. The lowest BCUT2D eigenvalue weighted by Gasteiger charge is -2.09. The molecule has 0 N–H and O–H groups in total. The molecule has 0 fully saturated rings. The van der Waals surface area contributed by atoms with Crippen molar-refractivity contribution in [1.82, 2.24) is 0 Å². The van der Waals surface area contributed by atoms with Gasteiger partial charge in [-0.2, -0.15) is 9.83 Å². The number of nitrogens with zero attached hydrogens (tertiary/aromatic N) is 2. The minimum absolute atomic E-state index is 0.201. The van der Waals surface area contributed by atoms with Gasteiger partial charge >= 0.3 is 0 Å². The van der Waals surface area contributed by atoms with Gasteiger partial charge in [-0.25, -0.2) is 0 Å². The summed E-state index contributed by atoms with van der Waals surface area (Å²) in [7, 11) is 0. The molecule has 0 amide bonds. The smallest absolute Gasteiger partial charge is 0.194 e. The van der Waals surface area contributed by atoms with Gasteiger partial charge < -0.3 is 0 Å². The van der Waals surface area contributed by atoms with Gasteiger partial charge in [0, 0.05) is 23.3 Å². The van der Waals surface area contributed by atoms with Crippen LogP contribution in [0.3, 0.4) is 0 Å². The summed E-state index contributed by atoms with van der Waals surface area (Å²) in [6.45, 7) is 0. The number of pyridine rings is 1. The zero-order valence-corrected chi connectivity index (χ0v) is 14.7. The third-order valence-corrected chi connectivity index (χ3v) is 5.30. The predicted molar refractivity (Wildman–Crippen MR) is 106 cm³/mol. The van der Waals surface area contributed by atoms with Crippen LogP contribution in [0.1, 0.15) is 22.7 Å². The van der Waals surface area contributed by atoms with Crippen LogP contribution in [-0.4, -0.2) is 0 Å². The highest BCUT2D eigenvalue weighted by molar-refractivity contribution is 5.77. The summed E-state index contributed by atoms with van der Waals surface area (Å²) in [5, 5.41) is 8.96. The van der Waals surface area contributed by atoms with Crippen LogP contribution in [0.2, 0.25) is 0 Å². The summed E-state index contributed by atoms with van der Waals surface area (Å²) in [6.07, 6.45) is 4.30. The lowest BCUT2D eigenvalue weighted by atomic mass is 10.0. The Hall–Kier alpha value is -3.70. The second-order valence-electron chi connectivity index (χ2n) is 6.80. The Bertz CT molecular complexity index is 1120. The van der Waals surface area contributed by atoms with E-state index in [2.05, 4.69) is 83.7 Å². The third kappa shape index (κ3) is 2.53. The van der Waals surface area contributed by atoms with Crippen LogP contribution in [0.5, 0.6) is 0 Å². The van der Waals surface area contributed by atoms with Gasteiger partial charge in [0.1, 0.15) is 0 Å². The van der Waals surface area contributed by atoms with Crippen LogP contribution >= 0.6 is 0 Å². The Morgan fingerprint density at radius 1 is 0.630 bits per heavy atom. The van der Waals surface area contributed by atoms with Crippen molar-refractivity contribution in [1.29, 1.82) is 5.26 Å². The van der Waals surface area contributed by atoms with Crippen molar-refractivity contribution < 1.29 is 4.57 Å². The zero-order valence-electron chi connectivity index (χ0n) is 14.7. The second-order valence-corrected chi connectivity index (χ2v) is 6.80. The largest absolute Gasteiger partial charge is 0.210 e. The number of aromatic nitrogens is 1. The number of rotatable bonds is 2. The molecule has 2 heteroatoms. The topological polar surface area (TPSA) is 27.7 Å². The average Bonchev–Trinajstić information content (AvgIpc) is 3.08. The van der Waals surface area contributed by atoms with Crippen LogP contribution < -0.4 is 4.57 Å². The number of benzene rings is 3. The number of fused-ring (bicyclic) bond motifs is 3. The van der Waals surface area contributed by atoms with E-state index < -0.39 is 0 Å². The van der Waals surface area contributed by atoms with Gasteiger partial charge in [-0.15, -0.1) is 0 Å². The molecule has 2 nitrogen and oxygen atoms in total. The van der Waals surface area contributed by atoms with Gasteiger partial charge in [-0.1, -0.05) is 60.7 Å². The maximum atomic E-state index is 8.96. The summed E-state index contributed by atoms with van der Waals surface area (Å²) in [4.78, 5) is 0. The first-order valence-electron chi connectivity index (χ1n) is 9.05. The zero-order chi connectivity index (χ0) is 18.2. The van der Waals surface area contributed by atoms with Crippen molar-refractivity contribution in [3.8, 4) is 28.3 Å². The first kappa shape index (κ1) is 15.5. The fourth-order valence-corrected chi connectivity index (χ4v) is 3.99. The van der Waals surface area contributed by atoms with E-state index in [-0.39, 0.29) is 6.04 Å². The van der Waals surface area contributed by atoms with Gasteiger partial charge in [-0.3, -0.25) is 0 Å². The first-order valence-corrected chi connectivity index (χ1v) is 9.05. The SMILES string of the molecule is N#Cc1ccc(-c2cc[n+](C3c4ccccc4-c4ccccc43)cc2)cc1. The minimum atomic E-state index is 0.201. The Kier molecular flexibility index (Phi) is 3.59. The summed E-state index contributed by atoms with van der Waals surface area (Å²) < 4.78 is 2.28. The molecule has 3 aromatic carbocycles. The Morgan fingerprint density at radius 3 is 1.70 bits per heavy atom. The molecule has 27 heavy (non-hydrogen) atoms. The number of hydrogen-bond donors (Lipinski definition) is 0. The molecule has 1 heterocycles. The molecule has 0 radical (unpaired) electrons. The van der Waals surface area contributed by atoms with Crippen molar-refractivity contribution >= 4 is 0 Å². The van der Waals surface area contributed by atoms with Crippen molar-refractivity contribution in [2.75, 3.05) is 0 Å². The second kappa shape index (κ2) is 6.23. The maximum absolute atomic E-state index is 8.96. The molecule has 4 aromatic rings. The van der Waals surface area contributed by atoms with E-state index in [0.29, 0.717) is 5.56 Å². The Morgan fingerprint density at radius 2 is 1.15 bits per heavy atom. The summed E-state index contributed by atoms with van der Waals surface area (Å²) >= 11 is 0. The Labute approximate surface area is 158 Å². The van der Waals surface area contributed by atoms with E-state index >= 15 is 0 Å². The molecular formula is C25H17N2+. The van der Waals surface area contributed by atoms with Crippen molar-refractivity contribution in [2.45, 2.75) is 6.04 Å². The molecule has 5 rings (SSSR count). The van der Waals surface area contributed by atoms with Crippen LogP contribution in [0.4, 0.5) is 0 Å². The number of nitriles is 1. The predicted octanol–water partition coefficient (Wildman–Crippen LogP) is 5.13. The van der Waals surface area contributed by atoms with E-state index in [1.807, 2.05) is 24.3 Å². The normalized spacial score (nSPS) is 12.3. The maximum Gasteiger partial charge on any atom is 0.210 e. The molecule has 0 spiro atoms. The van der Waals surface area contributed by atoms with Crippen molar-refractivity contribution in [3.63, 3.8) is 0 Å². The lowest BCUT2D eigenvalue weighted by molar-refractivity contribution is -0.704. The quantitative estimate of drug-likeness (QED) is 0.408. The summed E-state index contributed by atoms with van der Waals surface area (Å²) in [6, 6.07) is 31.7. The fourth-order valence-electron chi connectivity index (χ4n) is 3.99. The monoisotopic (exact) mass is 345 g/mol. The molecule has 126 valence electrons. The molecular weight excluding hydrogens is 328 g/mol. The molecule has 1 aliphatic carbocycles. The average molecular weight is 345 g/mol. The Balaban J connectivity index is 1.56. The van der Waals surface area contributed by atoms with E-state index in [0.717, 1.165) is 11.1 Å². The molecule has 0 saturated carbocycles. The van der Waals surface area contributed by atoms with Crippen LogP contribution in [0, 0.1) is 11.3 Å². The molecule has 0 saturated heterocycles. The van der Waals surface area contributed by atoms with Crippen LogP contribution in [-0.2, 0) is 0 Å².